The van der Waals surface area contributed by atoms with Crippen LogP contribution in [0.4, 0.5) is 4.79 Å². The maximum Gasteiger partial charge on any atom is 0.404 e. The number of hydrogen-bond donors (Lipinski definition) is 2. The Balaban J connectivity index is 2.99. The Morgan fingerprint density at radius 3 is 1.39 bits per heavy atom. The van der Waals surface area contributed by atoms with Gasteiger partial charge in [0.1, 0.15) is 0 Å². The summed E-state index contributed by atoms with van der Waals surface area (Å²) in [4.78, 5) is 10.3. The summed E-state index contributed by atoms with van der Waals surface area (Å²) in [5.74, 6) is 0.872. The normalized spacial score (nSPS) is 11.1. The quantitative estimate of drug-likeness (QED) is 0.290. The van der Waals surface area contributed by atoms with Gasteiger partial charge in [0.2, 0.25) is 0 Å². The minimum Gasteiger partial charge on any atom is -0.465 e. The topological polar surface area (TPSA) is 49.3 Å². The van der Waals surface area contributed by atoms with Crippen molar-refractivity contribution >= 4 is 6.09 Å². The number of carboxylic acid groups (broad SMARTS) is 1. The van der Waals surface area contributed by atoms with Crippen molar-refractivity contribution < 1.29 is 9.90 Å². The van der Waals surface area contributed by atoms with Crippen LogP contribution in [0.2, 0.25) is 0 Å². The molecule has 0 spiro atoms. The number of unbranched alkanes of at least 4 members (excludes halogenated alkanes) is 13. The third-order valence-electron chi connectivity index (χ3n) is 4.48. The molecule has 3 heteroatoms. The van der Waals surface area contributed by atoms with E-state index in [9.17, 15) is 4.79 Å². The minimum atomic E-state index is -0.902. The van der Waals surface area contributed by atoms with Crippen molar-refractivity contribution in [1.29, 1.82) is 0 Å². The first kappa shape index (κ1) is 22.3. The SMILES string of the molecule is CC(C)CCCCCCCCCCCCCCCCNC(=O)O. The molecule has 1 amide bonds. The molecule has 0 rings (SSSR count). The maximum atomic E-state index is 10.3. The average Bonchev–Trinajstić information content (AvgIpc) is 2.49. The predicted molar refractivity (Wildman–Crippen MR) is 100 cm³/mol. The van der Waals surface area contributed by atoms with Crippen LogP contribution in [0.15, 0.2) is 0 Å². The van der Waals surface area contributed by atoms with Crippen LogP contribution in [0.25, 0.3) is 0 Å². The van der Waals surface area contributed by atoms with Gasteiger partial charge >= 0.3 is 6.09 Å². The maximum absolute atomic E-state index is 10.3. The molecular weight excluding hydrogens is 286 g/mol. The third kappa shape index (κ3) is 21.3. The van der Waals surface area contributed by atoms with Crippen LogP contribution < -0.4 is 5.32 Å². The van der Waals surface area contributed by atoms with Crippen molar-refractivity contribution in [3.05, 3.63) is 0 Å². The lowest BCUT2D eigenvalue weighted by molar-refractivity contribution is 0.194. The van der Waals surface area contributed by atoms with E-state index >= 15 is 0 Å². The second kappa shape index (κ2) is 17.6. The van der Waals surface area contributed by atoms with E-state index in [2.05, 4.69) is 19.2 Å². The Morgan fingerprint density at radius 2 is 1.04 bits per heavy atom. The van der Waals surface area contributed by atoms with Crippen LogP contribution in [-0.4, -0.2) is 17.7 Å². The summed E-state index contributed by atoms with van der Waals surface area (Å²) in [5.41, 5.74) is 0. The highest BCUT2D eigenvalue weighted by Gasteiger charge is 1.96. The highest BCUT2D eigenvalue weighted by atomic mass is 16.4. The van der Waals surface area contributed by atoms with Crippen LogP contribution in [-0.2, 0) is 0 Å². The molecule has 0 radical (unpaired) electrons. The van der Waals surface area contributed by atoms with Crippen molar-refractivity contribution in [3.8, 4) is 0 Å². The summed E-state index contributed by atoms with van der Waals surface area (Å²) in [6.45, 7) is 5.24. The first-order chi connectivity index (χ1) is 11.1. The zero-order valence-electron chi connectivity index (χ0n) is 15.7. The summed E-state index contributed by atoms with van der Waals surface area (Å²) in [7, 11) is 0. The average molecular weight is 328 g/mol. The standard InChI is InChI=1S/C20H41NO2/c1-19(2)17-15-13-11-9-7-5-3-4-6-8-10-12-14-16-18-21-20(22)23/h19,21H,3-18H2,1-2H3,(H,22,23). The molecule has 0 saturated heterocycles. The van der Waals surface area contributed by atoms with Gasteiger partial charge in [-0.3, -0.25) is 0 Å². The first-order valence-electron chi connectivity index (χ1n) is 10.1. The molecule has 138 valence electrons. The van der Waals surface area contributed by atoms with E-state index < -0.39 is 6.09 Å². The molecule has 0 aliphatic rings. The van der Waals surface area contributed by atoms with E-state index in [1.54, 1.807) is 0 Å². The summed E-state index contributed by atoms with van der Waals surface area (Å²) in [6, 6.07) is 0. The van der Waals surface area contributed by atoms with Gasteiger partial charge in [-0.15, -0.1) is 0 Å². The number of nitrogens with one attached hydrogen (secondary N) is 1. The largest absolute Gasteiger partial charge is 0.465 e. The first-order valence-corrected chi connectivity index (χ1v) is 10.1. The predicted octanol–water partition coefficient (Wildman–Crippen LogP) is 6.76. The minimum absolute atomic E-state index is 0.604. The lowest BCUT2D eigenvalue weighted by Crippen LogP contribution is -2.21. The number of carbonyl (C=O) groups is 1. The Morgan fingerprint density at radius 1 is 0.696 bits per heavy atom. The van der Waals surface area contributed by atoms with Gasteiger partial charge in [-0.1, -0.05) is 104 Å². The summed E-state index contributed by atoms with van der Waals surface area (Å²) in [5, 5.41) is 10.9. The molecule has 2 N–H and O–H groups in total. The van der Waals surface area contributed by atoms with Gasteiger partial charge in [0.25, 0.3) is 0 Å². The van der Waals surface area contributed by atoms with Crippen LogP contribution in [0.3, 0.4) is 0 Å². The van der Waals surface area contributed by atoms with Gasteiger partial charge in [0.05, 0.1) is 0 Å². The van der Waals surface area contributed by atoms with Crippen LogP contribution in [0.5, 0.6) is 0 Å². The molecule has 0 aromatic rings. The van der Waals surface area contributed by atoms with Crippen LogP contribution in [0.1, 0.15) is 110 Å². The van der Waals surface area contributed by atoms with E-state index in [0.29, 0.717) is 6.54 Å². The molecule has 0 saturated carbocycles. The van der Waals surface area contributed by atoms with Gasteiger partial charge in [-0.25, -0.2) is 4.79 Å². The van der Waals surface area contributed by atoms with Gasteiger partial charge in [0.15, 0.2) is 0 Å². The third-order valence-corrected chi connectivity index (χ3v) is 4.48. The molecule has 3 nitrogen and oxygen atoms in total. The second-order valence-electron chi connectivity index (χ2n) is 7.36. The fourth-order valence-electron chi connectivity index (χ4n) is 2.99. The van der Waals surface area contributed by atoms with E-state index in [1.165, 1.54) is 83.5 Å². The van der Waals surface area contributed by atoms with Gasteiger partial charge in [-0.05, 0) is 12.3 Å². The molecule has 0 aliphatic heterocycles. The highest BCUT2D eigenvalue weighted by molar-refractivity contribution is 5.64. The Labute approximate surface area is 144 Å². The Hall–Kier alpha value is -0.730. The molecule has 23 heavy (non-hydrogen) atoms. The van der Waals surface area contributed by atoms with Crippen molar-refractivity contribution in [1.82, 2.24) is 5.32 Å². The zero-order valence-corrected chi connectivity index (χ0v) is 15.7. The van der Waals surface area contributed by atoms with Crippen molar-refractivity contribution in [2.75, 3.05) is 6.54 Å². The second-order valence-corrected chi connectivity index (χ2v) is 7.36. The number of rotatable bonds is 17. The van der Waals surface area contributed by atoms with Gasteiger partial charge in [0, 0.05) is 6.54 Å². The monoisotopic (exact) mass is 327 g/mol. The molecule has 0 aliphatic carbocycles. The molecule has 0 aromatic carbocycles. The highest BCUT2D eigenvalue weighted by Crippen LogP contribution is 2.14. The Kier molecular flexibility index (Phi) is 17.1. The number of hydrogen-bond acceptors (Lipinski definition) is 1. The van der Waals surface area contributed by atoms with Crippen LogP contribution >= 0.6 is 0 Å². The molecule has 0 atom stereocenters. The lowest BCUT2D eigenvalue weighted by Gasteiger charge is -2.05. The molecule has 0 aromatic heterocycles. The van der Waals surface area contributed by atoms with E-state index in [4.69, 9.17) is 5.11 Å². The van der Waals surface area contributed by atoms with Crippen LogP contribution in [0, 0.1) is 5.92 Å². The van der Waals surface area contributed by atoms with Crippen molar-refractivity contribution in [3.63, 3.8) is 0 Å². The number of amides is 1. The van der Waals surface area contributed by atoms with Crippen molar-refractivity contribution in [2.24, 2.45) is 5.92 Å². The van der Waals surface area contributed by atoms with Gasteiger partial charge in [-0.2, -0.15) is 0 Å². The molecule has 0 bridgehead atoms. The molecule has 0 heterocycles. The summed E-state index contributed by atoms with van der Waals surface area (Å²) >= 11 is 0. The zero-order chi connectivity index (χ0) is 17.2. The molecular formula is C20H41NO2. The van der Waals surface area contributed by atoms with E-state index in [0.717, 1.165) is 18.8 Å². The lowest BCUT2D eigenvalue weighted by atomic mass is 10.0. The fourth-order valence-corrected chi connectivity index (χ4v) is 2.99. The molecule has 0 fully saturated rings. The van der Waals surface area contributed by atoms with Crippen molar-refractivity contribution in [2.45, 2.75) is 110 Å². The van der Waals surface area contributed by atoms with E-state index in [1.807, 2.05) is 0 Å². The van der Waals surface area contributed by atoms with E-state index in [-0.39, 0.29) is 0 Å². The molecule has 0 unspecified atom stereocenters. The fraction of sp³-hybridized carbons (Fsp3) is 0.950. The summed E-state index contributed by atoms with van der Waals surface area (Å²) in [6.07, 6.45) is 19.3. The Bertz CT molecular complexity index is 254. The van der Waals surface area contributed by atoms with Gasteiger partial charge < -0.3 is 10.4 Å². The smallest absolute Gasteiger partial charge is 0.404 e. The summed E-state index contributed by atoms with van der Waals surface area (Å²) < 4.78 is 0.